The average molecular weight is 404 g/mol. The van der Waals surface area contributed by atoms with E-state index in [1.807, 2.05) is 12.1 Å². The lowest BCUT2D eigenvalue weighted by Crippen LogP contribution is -2.46. The minimum absolute atomic E-state index is 0.0146. The summed E-state index contributed by atoms with van der Waals surface area (Å²) < 4.78 is 37.6. The van der Waals surface area contributed by atoms with E-state index < -0.39 is 16.3 Å². The molecule has 1 aliphatic heterocycles. The van der Waals surface area contributed by atoms with Gasteiger partial charge in [0.15, 0.2) is 0 Å². The van der Waals surface area contributed by atoms with Crippen molar-refractivity contribution in [1.82, 2.24) is 13.9 Å². The number of hydrogen-bond donors (Lipinski definition) is 2. The highest BCUT2D eigenvalue weighted by atomic mass is 32.2. The van der Waals surface area contributed by atoms with Gasteiger partial charge in [0.1, 0.15) is 12.4 Å². The topological polar surface area (TPSA) is 88.2 Å². The van der Waals surface area contributed by atoms with E-state index in [1.165, 1.54) is 18.4 Å². The third-order valence-electron chi connectivity index (χ3n) is 4.28. The Kier molecular flexibility index (Phi) is 7.16. The maximum atomic E-state index is 12.5. The predicted molar refractivity (Wildman–Crippen MR) is 102 cm³/mol. The highest BCUT2D eigenvalue weighted by Gasteiger charge is 2.36. The number of carbonyl (C=O) groups excluding carboxylic acids is 1. The molecule has 1 fully saturated rings. The van der Waals surface area contributed by atoms with E-state index in [2.05, 4.69) is 17.4 Å². The second-order valence-electron chi connectivity index (χ2n) is 6.09. The normalized spacial score (nSPS) is 20.4. The van der Waals surface area contributed by atoms with Crippen molar-refractivity contribution in [3.8, 4) is 5.75 Å². The monoisotopic (exact) mass is 403 g/mol. The van der Waals surface area contributed by atoms with Gasteiger partial charge in [0, 0.05) is 32.4 Å². The molecule has 0 spiro atoms. The van der Waals surface area contributed by atoms with E-state index in [9.17, 15) is 13.2 Å². The van der Waals surface area contributed by atoms with Crippen molar-refractivity contribution >= 4 is 28.9 Å². The Balaban J connectivity index is 1.96. The third kappa shape index (κ3) is 5.26. The molecule has 1 amide bonds. The molecule has 0 unspecified atom stereocenters. The van der Waals surface area contributed by atoms with E-state index in [0.29, 0.717) is 13.0 Å². The number of nitrogens with one attached hydrogen (secondary N) is 1. The standard InChI is InChI=1S/C16H25N3O5S2/c1-17-26(21,22)18(2)9-13-8-15(25)10-19(13)16(20)24-11-12-4-6-14(23-3)7-5-12/h4-7,13,15,17,25H,8-11H2,1-3H3/t13-,15-/m0/s1. The van der Waals surface area contributed by atoms with Crippen molar-refractivity contribution in [3.63, 3.8) is 0 Å². The first-order chi connectivity index (χ1) is 12.3. The number of methoxy groups -OCH3 is 1. The number of likely N-dealkylation sites (tertiary alicyclic amines) is 1. The van der Waals surface area contributed by atoms with Crippen LogP contribution in [-0.4, -0.2) is 69.3 Å². The van der Waals surface area contributed by atoms with Crippen LogP contribution in [0.25, 0.3) is 0 Å². The summed E-state index contributed by atoms with van der Waals surface area (Å²) in [5.41, 5.74) is 0.840. The summed E-state index contributed by atoms with van der Waals surface area (Å²) in [6.45, 7) is 0.731. The molecular weight excluding hydrogens is 378 g/mol. The summed E-state index contributed by atoms with van der Waals surface area (Å²) in [4.78, 5) is 14.0. The summed E-state index contributed by atoms with van der Waals surface area (Å²) in [6, 6.07) is 6.95. The fourth-order valence-electron chi connectivity index (χ4n) is 2.79. The quantitative estimate of drug-likeness (QED) is 0.666. The molecule has 0 aromatic heterocycles. The number of likely N-dealkylation sites (N-methyl/N-ethyl adjacent to an activating group) is 1. The molecule has 0 aliphatic carbocycles. The van der Waals surface area contributed by atoms with Gasteiger partial charge in [0.25, 0.3) is 10.2 Å². The Labute approximate surface area is 160 Å². The van der Waals surface area contributed by atoms with E-state index in [0.717, 1.165) is 11.3 Å². The fraction of sp³-hybridized carbons (Fsp3) is 0.562. The molecule has 1 aromatic rings. The molecule has 1 heterocycles. The van der Waals surface area contributed by atoms with E-state index in [-0.39, 0.29) is 24.4 Å². The molecule has 146 valence electrons. The number of rotatable bonds is 7. The number of ether oxygens (including phenoxy) is 2. The molecule has 1 aliphatic rings. The van der Waals surface area contributed by atoms with Crippen molar-refractivity contribution in [2.24, 2.45) is 0 Å². The molecule has 0 bridgehead atoms. The molecule has 0 saturated carbocycles. The lowest BCUT2D eigenvalue weighted by Gasteiger charge is -2.27. The zero-order valence-electron chi connectivity index (χ0n) is 15.1. The molecule has 0 radical (unpaired) electrons. The zero-order valence-corrected chi connectivity index (χ0v) is 16.8. The zero-order chi connectivity index (χ0) is 19.3. The van der Waals surface area contributed by atoms with Gasteiger partial charge in [0.05, 0.1) is 13.2 Å². The average Bonchev–Trinajstić information content (AvgIpc) is 3.00. The van der Waals surface area contributed by atoms with Crippen LogP contribution >= 0.6 is 12.6 Å². The van der Waals surface area contributed by atoms with Gasteiger partial charge in [-0.25, -0.2) is 9.52 Å². The maximum Gasteiger partial charge on any atom is 0.410 e. The van der Waals surface area contributed by atoms with Gasteiger partial charge >= 0.3 is 6.09 Å². The van der Waals surface area contributed by atoms with E-state index in [4.69, 9.17) is 9.47 Å². The number of nitrogens with zero attached hydrogens (tertiary/aromatic N) is 2. The van der Waals surface area contributed by atoms with Crippen molar-refractivity contribution in [2.45, 2.75) is 24.3 Å². The molecule has 26 heavy (non-hydrogen) atoms. The molecular formula is C16H25N3O5S2. The lowest BCUT2D eigenvalue weighted by atomic mass is 10.2. The Morgan fingerprint density at radius 3 is 2.62 bits per heavy atom. The maximum absolute atomic E-state index is 12.5. The van der Waals surface area contributed by atoms with Crippen LogP contribution in [0.15, 0.2) is 24.3 Å². The Morgan fingerprint density at radius 1 is 1.38 bits per heavy atom. The number of benzene rings is 1. The third-order valence-corrected chi connectivity index (χ3v) is 6.14. The minimum atomic E-state index is -3.55. The first kappa shape index (κ1) is 20.8. The van der Waals surface area contributed by atoms with Crippen molar-refractivity contribution in [3.05, 3.63) is 29.8 Å². The number of hydrogen-bond acceptors (Lipinski definition) is 6. The van der Waals surface area contributed by atoms with Crippen molar-refractivity contribution in [1.29, 1.82) is 0 Å². The summed E-state index contributed by atoms with van der Waals surface area (Å²) in [7, 11) is 0.859. The Bertz CT molecular complexity index is 711. The van der Waals surface area contributed by atoms with Crippen LogP contribution in [0.4, 0.5) is 4.79 Å². The van der Waals surface area contributed by atoms with Gasteiger partial charge in [-0.3, -0.25) is 0 Å². The van der Waals surface area contributed by atoms with Gasteiger partial charge in [0.2, 0.25) is 0 Å². The molecule has 2 rings (SSSR count). The summed E-state index contributed by atoms with van der Waals surface area (Å²) in [6.07, 6.45) is 0.127. The highest BCUT2D eigenvalue weighted by Crippen LogP contribution is 2.24. The van der Waals surface area contributed by atoms with Gasteiger partial charge in [-0.1, -0.05) is 12.1 Å². The minimum Gasteiger partial charge on any atom is -0.497 e. The van der Waals surface area contributed by atoms with Crippen LogP contribution in [-0.2, 0) is 21.6 Å². The first-order valence-corrected chi connectivity index (χ1v) is 10.1. The second-order valence-corrected chi connectivity index (χ2v) is 8.80. The molecule has 1 aromatic carbocycles. The van der Waals surface area contributed by atoms with Crippen LogP contribution in [0.2, 0.25) is 0 Å². The van der Waals surface area contributed by atoms with Crippen molar-refractivity contribution < 1.29 is 22.7 Å². The molecule has 8 nitrogen and oxygen atoms in total. The molecule has 1 saturated heterocycles. The van der Waals surface area contributed by atoms with E-state index in [1.54, 1.807) is 24.1 Å². The van der Waals surface area contributed by atoms with Crippen LogP contribution in [0.1, 0.15) is 12.0 Å². The van der Waals surface area contributed by atoms with Crippen LogP contribution in [0.5, 0.6) is 5.75 Å². The van der Waals surface area contributed by atoms with Gasteiger partial charge in [-0.15, -0.1) is 0 Å². The predicted octanol–water partition coefficient (Wildman–Crippen LogP) is 1.10. The van der Waals surface area contributed by atoms with Crippen LogP contribution < -0.4 is 9.46 Å². The molecule has 1 N–H and O–H groups in total. The van der Waals surface area contributed by atoms with Crippen LogP contribution in [0, 0.1) is 0 Å². The fourth-order valence-corrected chi connectivity index (χ4v) is 3.89. The van der Waals surface area contributed by atoms with E-state index >= 15 is 0 Å². The van der Waals surface area contributed by atoms with Crippen LogP contribution in [0.3, 0.4) is 0 Å². The largest absolute Gasteiger partial charge is 0.497 e. The Hall–Kier alpha value is -1.49. The summed E-state index contributed by atoms with van der Waals surface area (Å²) >= 11 is 4.44. The SMILES string of the molecule is CNS(=O)(=O)N(C)C[C@@H]1C[C@H](S)CN1C(=O)OCc1ccc(OC)cc1. The number of carbonyl (C=O) groups is 1. The van der Waals surface area contributed by atoms with Gasteiger partial charge < -0.3 is 14.4 Å². The van der Waals surface area contributed by atoms with Gasteiger partial charge in [-0.05, 0) is 24.1 Å². The van der Waals surface area contributed by atoms with Gasteiger partial charge in [-0.2, -0.15) is 25.4 Å². The second kappa shape index (κ2) is 8.94. The highest BCUT2D eigenvalue weighted by molar-refractivity contribution is 7.87. The number of thiol groups is 1. The summed E-state index contributed by atoms with van der Waals surface area (Å²) in [5.74, 6) is 0.728. The first-order valence-electron chi connectivity index (χ1n) is 8.16. The molecule has 10 heteroatoms. The van der Waals surface area contributed by atoms with Crippen molar-refractivity contribution in [2.75, 3.05) is 34.3 Å². The number of amides is 1. The summed E-state index contributed by atoms with van der Waals surface area (Å²) in [5, 5.41) is -0.0146. The lowest BCUT2D eigenvalue weighted by molar-refractivity contribution is 0.0897. The molecule has 2 atom stereocenters. The smallest absolute Gasteiger partial charge is 0.410 e. The Morgan fingerprint density at radius 2 is 2.04 bits per heavy atom.